The van der Waals surface area contributed by atoms with E-state index in [1.165, 1.54) is 0 Å². The quantitative estimate of drug-likeness (QED) is 0.583. The van der Waals surface area contributed by atoms with Crippen LogP contribution in [0.25, 0.3) is 0 Å². The molecule has 0 N–H and O–H groups in total. The van der Waals surface area contributed by atoms with Crippen LogP contribution < -0.4 is 0 Å². The molecule has 0 unspecified atom stereocenters. The maximum Gasteiger partial charge on any atom is 0.320 e. The van der Waals surface area contributed by atoms with Gasteiger partial charge in [0, 0.05) is 26.7 Å². The molecule has 2 amide bonds. The van der Waals surface area contributed by atoms with Crippen LogP contribution in [0.1, 0.15) is 12.8 Å². The first-order valence-electron chi connectivity index (χ1n) is 4.25. The molecular weight excluding hydrogens is 152 g/mol. The maximum absolute atomic E-state index is 11.5. The van der Waals surface area contributed by atoms with Gasteiger partial charge in [-0.2, -0.15) is 0 Å². The first-order valence-corrected chi connectivity index (χ1v) is 4.25. The molecule has 0 aromatic heterocycles. The first kappa shape index (κ1) is 9.10. The number of hydrogen-bond acceptors (Lipinski definition) is 1. The molecule has 0 radical (unpaired) electrons. The van der Waals surface area contributed by atoms with Crippen molar-refractivity contribution >= 4 is 6.03 Å². The molecule has 3 nitrogen and oxygen atoms in total. The van der Waals surface area contributed by atoms with Gasteiger partial charge in [0.1, 0.15) is 0 Å². The number of amides is 2. The van der Waals surface area contributed by atoms with Crippen molar-refractivity contribution in [2.45, 2.75) is 18.9 Å². The minimum Gasteiger partial charge on any atom is -0.331 e. The highest BCUT2D eigenvalue weighted by molar-refractivity contribution is 5.74. The topological polar surface area (TPSA) is 23.6 Å². The molecule has 0 aliphatic heterocycles. The molecule has 1 saturated carbocycles. The molecule has 0 aromatic carbocycles. The van der Waals surface area contributed by atoms with E-state index < -0.39 is 0 Å². The van der Waals surface area contributed by atoms with Gasteiger partial charge in [-0.15, -0.1) is 6.58 Å². The lowest BCUT2D eigenvalue weighted by Crippen LogP contribution is -2.40. The van der Waals surface area contributed by atoms with E-state index in [-0.39, 0.29) is 6.03 Å². The average molecular weight is 168 g/mol. The summed E-state index contributed by atoms with van der Waals surface area (Å²) in [7, 11) is 3.56. The fraction of sp³-hybridized carbons (Fsp3) is 0.667. The van der Waals surface area contributed by atoms with E-state index >= 15 is 0 Å². The van der Waals surface area contributed by atoms with Gasteiger partial charge in [-0.05, 0) is 12.8 Å². The smallest absolute Gasteiger partial charge is 0.320 e. The number of carbonyl (C=O) groups excluding carboxylic acids is 1. The van der Waals surface area contributed by atoms with Crippen molar-refractivity contribution < 1.29 is 4.79 Å². The van der Waals surface area contributed by atoms with Crippen molar-refractivity contribution in [3.63, 3.8) is 0 Å². The fourth-order valence-electron chi connectivity index (χ4n) is 1.17. The molecule has 1 rings (SSSR count). The Morgan fingerprint density at radius 1 is 1.58 bits per heavy atom. The molecule has 0 atom stereocenters. The number of rotatable bonds is 3. The van der Waals surface area contributed by atoms with Gasteiger partial charge in [0.15, 0.2) is 0 Å². The van der Waals surface area contributed by atoms with Crippen LogP contribution in [-0.4, -0.2) is 42.5 Å². The van der Waals surface area contributed by atoms with Gasteiger partial charge in [0.05, 0.1) is 0 Å². The summed E-state index contributed by atoms with van der Waals surface area (Å²) < 4.78 is 0. The molecule has 0 aromatic rings. The van der Waals surface area contributed by atoms with E-state index in [2.05, 4.69) is 6.58 Å². The van der Waals surface area contributed by atoms with E-state index in [0.29, 0.717) is 12.6 Å². The van der Waals surface area contributed by atoms with Crippen LogP contribution >= 0.6 is 0 Å². The van der Waals surface area contributed by atoms with Crippen molar-refractivity contribution in [1.82, 2.24) is 9.80 Å². The van der Waals surface area contributed by atoms with Gasteiger partial charge in [-0.1, -0.05) is 6.08 Å². The van der Waals surface area contributed by atoms with E-state index in [1.54, 1.807) is 25.1 Å². The zero-order valence-corrected chi connectivity index (χ0v) is 7.79. The molecule has 0 saturated heterocycles. The summed E-state index contributed by atoms with van der Waals surface area (Å²) in [5.41, 5.74) is 0. The first-order chi connectivity index (χ1) is 5.66. The van der Waals surface area contributed by atoms with Crippen LogP contribution in [0.5, 0.6) is 0 Å². The zero-order valence-electron chi connectivity index (χ0n) is 7.79. The number of carbonyl (C=O) groups is 1. The second-order valence-electron chi connectivity index (χ2n) is 3.35. The second kappa shape index (κ2) is 3.61. The third-order valence-electron chi connectivity index (χ3n) is 1.94. The molecule has 1 aliphatic rings. The normalized spacial score (nSPS) is 15.5. The minimum atomic E-state index is 0.0948. The van der Waals surface area contributed by atoms with Gasteiger partial charge in [0.25, 0.3) is 0 Å². The van der Waals surface area contributed by atoms with Crippen molar-refractivity contribution in [3.8, 4) is 0 Å². The van der Waals surface area contributed by atoms with Gasteiger partial charge in [-0.25, -0.2) is 4.79 Å². The molecule has 3 heteroatoms. The van der Waals surface area contributed by atoms with Crippen LogP contribution in [0.15, 0.2) is 12.7 Å². The zero-order chi connectivity index (χ0) is 9.14. The summed E-state index contributed by atoms with van der Waals surface area (Å²) in [5, 5.41) is 0. The molecule has 12 heavy (non-hydrogen) atoms. The predicted octanol–water partition coefficient (Wildman–Crippen LogP) is 1.32. The fourth-order valence-corrected chi connectivity index (χ4v) is 1.17. The highest BCUT2D eigenvalue weighted by Gasteiger charge is 2.32. The van der Waals surface area contributed by atoms with Crippen LogP contribution in [0.2, 0.25) is 0 Å². The average Bonchev–Trinajstić information content (AvgIpc) is 2.81. The molecule has 0 spiro atoms. The largest absolute Gasteiger partial charge is 0.331 e. The third-order valence-corrected chi connectivity index (χ3v) is 1.94. The third kappa shape index (κ3) is 2.00. The summed E-state index contributed by atoms with van der Waals surface area (Å²) >= 11 is 0. The molecule has 68 valence electrons. The Bertz CT molecular complexity index is 185. The molecule has 0 bridgehead atoms. The summed E-state index contributed by atoms with van der Waals surface area (Å²) in [6.45, 7) is 4.31. The number of nitrogens with zero attached hydrogens (tertiary/aromatic N) is 2. The lowest BCUT2D eigenvalue weighted by Gasteiger charge is -2.24. The minimum absolute atomic E-state index is 0.0948. The maximum atomic E-state index is 11.5. The Kier molecular flexibility index (Phi) is 2.74. The Morgan fingerprint density at radius 2 is 2.17 bits per heavy atom. The lowest BCUT2D eigenvalue weighted by atomic mass is 10.4. The summed E-state index contributed by atoms with van der Waals surface area (Å²) in [6, 6.07) is 0.565. The van der Waals surface area contributed by atoms with Gasteiger partial charge in [-0.3, -0.25) is 0 Å². The van der Waals surface area contributed by atoms with Crippen LogP contribution in [0.3, 0.4) is 0 Å². The molecule has 0 heterocycles. The highest BCUT2D eigenvalue weighted by Crippen LogP contribution is 2.27. The standard InChI is InChI=1S/C9H16N2O/c1-4-7-11(8-5-6-8)9(12)10(2)3/h4,8H,1,5-7H2,2-3H3. The van der Waals surface area contributed by atoms with Crippen LogP contribution in [0.4, 0.5) is 4.79 Å². The van der Waals surface area contributed by atoms with Crippen LogP contribution in [0, 0.1) is 0 Å². The SMILES string of the molecule is C=CCN(C(=O)N(C)C)C1CC1. The molecule has 1 aliphatic carbocycles. The van der Waals surface area contributed by atoms with E-state index in [4.69, 9.17) is 0 Å². The highest BCUT2D eigenvalue weighted by atomic mass is 16.2. The van der Waals surface area contributed by atoms with Gasteiger partial charge >= 0.3 is 6.03 Å². The molecular formula is C9H16N2O. The lowest BCUT2D eigenvalue weighted by molar-refractivity contribution is 0.173. The van der Waals surface area contributed by atoms with Crippen molar-refractivity contribution in [1.29, 1.82) is 0 Å². The number of urea groups is 1. The molecule has 1 fully saturated rings. The van der Waals surface area contributed by atoms with Crippen LogP contribution in [-0.2, 0) is 0 Å². The monoisotopic (exact) mass is 168 g/mol. The predicted molar refractivity (Wildman–Crippen MR) is 49.0 cm³/mol. The van der Waals surface area contributed by atoms with Crippen molar-refractivity contribution in [3.05, 3.63) is 12.7 Å². The summed E-state index contributed by atoms with van der Waals surface area (Å²) in [6.07, 6.45) is 4.07. The van der Waals surface area contributed by atoms with Gasteiger partial charge < -0.3 is 9.80 Å². The van der Waals surface area contributed by atoms with E-state index in [1.807, 2.05) is 4.90 Å². The van der Waals surface area contributed by atoms with E-state index in [0.717, 1.165) is 12.8 Å². The van der Waals surface area contributed by atoms with Crippen molar-refractivity contribution in [2.24, 2.45) is 0 Å². The van der Waals surface area contributed by atoms with Crippen molar-refractivity contribution in [2.75, 3.05) is 20.6 Å². The summed E-state index contributed by atoms with van der Waals surface area (Å²) in [5.74, 6) is 0. The Labute approximate surface area is 73.6 Å². The number of hydrogen-bond donors (Lipinski definition) is 0. The van der Waals surface area contributed by atoms with Gasteiger partial charge in [0.2, 0.25) is 0 Å². The Hall–Kier alpha value is -0.990. The summed E-state index contributed by atoms with van der Waals surface area (Å²) in [4.78, 5) is 15.0. The Morgan fingerprint density at radius 3 is 2.50 bits per heavy atom. The Balaban J connectivity index is 2.51. The van der Waals surface area contributed by atoms with E-state index in [9.17, 15) is 4.79 Å². The second-order valence-corrected chi connectivity index (χ2v) is 3.35.